The molecule has 2 aromatic carbocycles. The molecule has 0 radical (unpaired) electrons. The third-order valence-electron chi connectivity index (χ3n) is 3.96. The fourth-order valence-corrected chi connectivity index (χ4v) is 2.74. The molecule has 126 valence electrons. The van der Waals surface area contributed by atoms with Gasteiger partial charge in [-0.15, -0.1) is 0 Å². The highest BCUT2D eigenvalue weighted by Gasteiger charge is 2.29. The van der Waals surface area contributed by atoms with Gasteiger partial charge >= 0.3 is 5.97 Å². The average molecular weight is 326 g/mol. The van der Waals surface area contributed by atoms with Gasteiger partial charge in [-0.2, -0.15) is 0 Å². The van der Waals surface area contributed by atoms with Crippen molar-refractivity contribution in [2.75, 3.05) is 6.61 Å². The summed E-state index contributed by atoms with van der Waals surface area (Å²) in [5.41, 5.74) is 2.21. The van der Waals surface area contributed by atoms with E-state index in [-0.39, 0.29) is 18.2 Å². The zero-order chi connectivity index (χ0) is 16.6. The summed E-state index contributed by atoms with van der Waals surface area (Å²) < 4.78 is 16.9. The van der Waals surface area contributed by atoms with Crippen molar-refractivity contribution in [3.63, 3.8) is 0 Å². The number of rotatable bonds is 7. The molecule has 1 saturated heterocycles. The molecule has 2 aromatic rings. The summed E-state index contributed by atoms with van der Waals surface area (Å²) in [5, 5.41) is 0. The number of benzene rings is 2. The molecule has 0 bridgehead atoms. The van der Waals surface area contributed by atoms with E-state index in [2.05, 4.69) is 0 Å². The van der Waals surface area contributed by atoms with Crippen LogP contribution in [0.25, 0.3) is 0 Å². The summed E-state index contributed by atoms with van der Waals surface area (Å²) in [6, 6.07) is 19.9. The van der Waals surface area contributed by atoms with Gasteiger partial charge in [-0.3, -0.25) is 4.79 Å². The van der Waals surface area contributed by atoms with E-state index in [0.29, 0.717) is 32.7 Å². The first kappa shape index (κ1) is 16.7. The van der Waals surface area contributed by atoms with Gasteiger partial charge in [0, 0.05) is 6.42 Å². The Kier molecular flexibility index (Phi) is 5.99. The van der Waals surface area contributed by atoms with Crippen molar-refractivity contribution in [1.82, 2.24) is 0 Å². The SMILES string of the molecule is O=C1C[C@@H](OCc2ccccc2)CC(COCc2ccccc2)O1. The molecule has 0 spiro atoms. The van der Waals surface area contributed by atoms with Crippen molar-refractivity contribution in [3.8, 4) is 0 Å². The van der Waals surface area contributed by atoms with Crippen LogP contribution in [0.2, 0.25) is 0 Å². The number of cyclic esters (lactones) is 1. The molecule has 2 atom stereocenters. The van der Waals surface area contributed by atoms with E-state index >= 15 is 0 Å². The fourth-order valence-electron chi connectivity index (χ4n) is 2.74. The molecule has 1 unspecified atom stereocenters. The van der Waals surface area contributed by atoms with Crippen molar-refractivity contribution in [2.45, 2.75) is 38.3 Å². The molecular weight excluding hydrogens is 304 g/mol. The number of ether oxygens (including phenoxy) is 3. The van der Waals surface area contributed by atoms with Crippen molar-refractivity contribution in [3.05, 3.63) is 71.8 Å². The van der Waals surface area contributed by atoms with Gasteiger partial charge in [0.25, 0.3) is 0 Å². The maximum atomic E-state index is 11.8. The molecule has 3 rings (SSSR count). The first-order chi connectivity index (χ1) is 11.8. The molecule has 0 amide bonds. The van der Waals surface area contributed by atoms with Crippen LogP contribution in [0.3, 0.4) is 0 Å². The summed E-state index contributed by atoms with van der Waals surface area (Å²) >= 11 is 0. The van der Waals surface area contributed by atoms with Gasteiger partial charge < -0.3 is 14.2 Å². The van der Waals surface area contributed by atoms with Crippen LogP contribution >= 0.6 is 0 Å². The van der Waals surface area contributed by atoms with Gasteiger partial charge in [-0.25, -0.2) is 0 Å². The quantitative estimate of drug-likeness (QED) is 0.731. The smallest absolute Gasteiger partial charge is 0.308 e. The Bertz CT molecular complexity index is 627. The molecule has 0 aliphatic carbocycles. The monoisotopic (exact) mass is 326 g/mol. The van der Waals surface area contributed by atoms with Gasteiger partial charge in [0.15, 0.2) is 0 Å². The molecule has 1 heterocycles. The van der Waals surface area contributed by atoms with Crippen LogP contribution < -0.4 is 0 Å². The van der Waals surface area contributed by atoms with Crippen LogP contribution in [0.5, 0.6) is 0 Å². The van der Waals surface area contributed by atoms with E-state index < -0.39 is 0 Å². The molecule has 4 nitrogen and oxygen atoms in total. The predicted octanol–water partition coefficient (Wildman–Crippen LogP) is 3.49. The van der Waals surface area contributed by atoms with Crippen LogP contribution in [0, 0.1) is 0 Å². The molecule has 1 aliphatic heterocycles. The van der Waals surface area contributed by atoms with Crippen LogP contribution in [0.1, 0.15) is 24.0 Å². The van der Waals surface area contributed by atoms with Gasteiger partial charge in [-0.05, 0) is 11.1 Å². The van der Waals surface area contributed by atoms with E-state index in [9.17, 15) is 4.79 Å². The van der Waals surface area contributed by atoms with Crippen LogP contribution in [0.4, 0.5) is 0 Å². The summed E-state index contributed by atoms with van der Waals surface area (Å²) in [5.74, 6) is -0.215. The first-order valence-electron chi connectivity index (χ1n) is 8.26. The first-order valence-corrected chi connectivity index (χ1v) is 8.26. The lowest BCUT2D eigenvalue weighted by molar-refractivity contribution is -0.168. The van der Waals surface area contributed by atoms with E-state index in [1.807, 2.05) is 60.7 Å². The summed E-state index contributed by atoms with van der Waals surface area (Å²) in [6.45, 7) is 1.42. The molecule has 1 fully saturated rings. The Morgan fingerprint density at radius 1 is 0.917 bits per heavy atom. The largest absolute Gasteiger partial charge is 0.460 e. The van der Waals surface area contributed by atoms with Crippen molar-refractivity contribution in [1.29, 1.82) is 0 Å². The van der Waals surface area contributed by atoms with E-state index in [0.717, 1.165) is 11.1 Å². The van der Waals surface area contributed by atoms with Gasteiger partial charge in [0.1, 0.15) is 6.10 Å². The topological polar surface area (TPSA) is 44.8 Å². The second-order valence-corrected chi connectivity index (χ2v) is 5.97. The summed E-state index contributed by atoms with van der Waals surface area (Å²) in [4.78, 5) is 11.8. The maximum Gasteiger partial charge on any atom is 0.308 e. The van der Waals surface area contributed by atoms with Crippen molar-refractivity contribution >= 4 is 5.97 Å². The second-order valence-electron chi connectivity index (χ2n) is 5.97. The van der Waals surface area contributed by atoms with Crippen molar-refractivity contribution < 1.29 is 19.0 Å². The summed E-state index contributed by atoms with van der Waals surface area (Å²) in [7, 11) is 0. The number of esters is 1. The standard InChI is InChI=1S/C20H22O4/c21-20-12-18(23-14-17-9-5-2-6-10-17)11-19(24-20)15-22-13-16-7-3-1-4-8-16/h1-10,18-19H,11-15H2/t18-,19?/m0/s1. The molecule has 24 heavy (non-hydrogen) atoms. The Hall–Kier alpha value is -2.17. The second kappa shape index (κ2) is 8.62. The fraction of sp³-hybridized carbons (Fsp3) is 0.350. The number of carbonyl (C=O) groups excluding carboxylic acids is 1. The third-order valence-corrected chi connectivity index (χ3v) is 3.96. The highest BCUT2D eigenvalue weighted by atomic mass is 16.6. The highest BCUT2D eigenvalue weighted by Crippen LogP contribution is 2.20. The predicted molar refractivity (Wildman–Crippen MR) is 90.2 cm³/mol. The van der Waals surface area contributed by atoms with Gasteiger partial charge in [0.05, 0.1) is 32.3 Å². The van der Waals surface area contributed by atoms with Gasteiger partial charge in [0.2, 0.25) is 0 Å². The number of carbonyl (C=O) groups is 1. The number of hydrogen-bond donors (Lipinski definition) is 0. The highest BCUT2D eigenvalue weighted by molar-refractivity contribution is 5.71. The lowest BCUT2D eigenvalue weighted by Gasteiger charge is -2.28. The Balaban J connectivity index is 1.44. The van der Waals surface area contributed by atoms with E-state index in [4.69, 9.17) is 14.2 Å². The third kappa shape index (κ3) is 5.18. The van der Waals surface area contributed by atoms with E-state index in [1.165, 1.54) is 0 Å². The molecule has 1 aliphatic rings. The minimum absolute atomic E-state index is 0.114. The normalized spacial score (nSPS) is 20.6. The molecule has 0 aromatic heterocycles. The molecule has 0 N–H and O–H groups in total. The minimum atomic E-state index is -0.240. The maximum absolute atomic E-state index is 11.8. The van der Waals surface area contributed by atoms with E-state index in [1.54, 1.807) is 0 Å². The lowest BCUT2D eigenvalue weighted by atomic mass is 10.1. The van der Waals surface area contributed by atoms with Crippen LogP contribution in [-0.4, -0.2) is 24.8 Å². The van der Waals surface area contributed by atoms with Crippen molar-refractivity contribution in [2.24, 2.45) is 0 Å². The van der Waals surface area contributed by atoms with Crippen LogP contribution in [-0.2, 0) is 32.2 Å². The van der Waals surface area contributed by atoms with Gasteiger partial charge in [-0.1, -0.05) is 60.7 Å². The van der Waals surface area contributed by atoms with Crippen LogP contribution in [0.15, 0.2) is 60.7 Å². The minimum Gasteiger partial charge on any atom is -0.460 e. The Morgan fingerprint density at radius 3 is 2.21 bits per heavy atom. The zero-order valence-electron chi connectivity index (χ0n) is 13.6. The zero-order valence-corrected chi connectivity index (χ0v) is 13.6. The lowest BCUT2D eigenvalue weighted by Crippen LogP contribution is -2.36. The number of hydrogen-bond acceptors (Lipinski definition) is 4. The average Bonchev–Trinajstić information content (AvgIpc) is 2.61. The molecular formula is C20H22O4. The summed E-state index contributed by atoms with van der Waals surface area (Å²) in [6.07, 6.45) is 0.627. The molecule has 4 heteroatoms. The Morgan fingerprint density at radius 2 is 1.54 bits per heavy atom. The molecule has 0 saturated carbocycles. The Labute approximate surface area is 142 Å².